The maximum absolute atomic E-state index is 12.8. The Kier molecular flexibility index (Phi) is 5.73. The smallest absolute Gasteiger partial charge is 0.258 e. The van der Waals surface area contributed by atoms with Crippen molar-refractivity contribution in [2.24, 2.45) is 0 Å². The molecule has 3 aromatic rings. The molecular formula is C20H19Cl2N5O. The number of halogens is 2. The highest BCUT2D eigenvalue weighted by molar-refractivity contribution is 6.44. The maximum Gasteiger partial charge on any atom is 0.258 e. The number of fused-ring (bicyclic) bond motifs is 1. The van der Waals surface area contributed by atoms with Gasteiger partial charge in [-0.25, -0.2) is 9.97 Å². The van der Waals surface area contributed by atoms with E-state index in [1.807, 2.05) is 24.3 Å². The first-order valence-corrected chi connectivity index (χ1v) is 9.81. The van der Waals surface area contributed by atoms with Crippen LogP contribution in [0.5, 0.6) is 0 Å². The summed E-state index contributed by atoms with van der Waals surface area (Å²) in [4.78, 5) is 24.4. The van der Waals surface area contributed by atoms with Crippen LogP contribution in [0.2, 0.25) is 10.0 Å². The lowest BCUT2D eigenvalue weighted by atomic mass is 10.2. The summed E-state index contributed by atoms with van der Waals surface area (Å²) in [6.45, 7) is 4.41. The van der Waals surface area contributed by atoms with E-state index in [2.05, 4.69) is 25.5 Å². The SMILES string of the molecule is O=C(Nc1nc(CN2CCNCC2)nc2ccccc12)c1cccc(Cl)c1Cl. The molecular weight excluding hydrogens is 397 g/mol. The van der Waals surface area contributed by atoms with Gasteiger partial charge >= 0.3 is 0 Å². The Bertz CT molecular complexity index is 1020. The molecule has 4 rings (SSSR count). The minimum absolute atomic E-state index is 0.223. The van der Waals surface area contributed by atoms with Gasteiger partial charge in [-0.3, -0.25) is 9.69 Å². The first kappa shape index (κ1) is 19.1. The van der Waals surface area contributed by atoms with Crippen LogP contribution in [0.1, 0.15) is 16.2 Å². The normalized spacial score (nSPS) is 14.9. The second-order valence-electron chi connectivity index (χ2n) is 6.59. The fourth-order valence-electron chi connectivity index (χ4n) is 3.21. The van der Waals surface area contributed by atoms with E-state index in [0.717, 1.165) is 37.1 Å². The summed E-state index contributed by atoms with van der Waals surface area (Å²) in [5, 5.41) is 7.55. The summed E-state index contributed by atoms with van der Waals surface area (Å²) in [5.74, 6) is 0.786. The molecule has 6 nitrogen and oxygen atoms in total. The van der Waals surface area contributed by atoms with E-state index >= 15 is 0 Å². The van der Waals surface area contributed by atoms with Crippen LogP contribution in [0.25, 0.3) is 10.9 Å². The summed E-state index contributed by atoms with van der Waals surface area (Å²) in [6, 6.07) is 12.6. The lowest BCUT2D eigenvalue weighted by molar-refractivity contribution is 0.102. The highest BCUT2D eigenvalue weighted by Crippen LogP contribution is 2.27. The first-order valence-electron chi connectivity index (χ1n) is 9.06. The highest BCUT2D eigenvalue weighted by atomic mass is 35.5. The van der Waals surface area contributed by atoms with Crippen LogP contribution in [-0.2, 0) is 6.54 Å². The minimum atomic E-state index is -0.357. The molecule has 1 aromatic heterocycles. The number of carbonyl (C=O) groups excluding carboxylic acids is 1. The van der Waals surface area contributed by atoms with Crippen molar-refractivity contribution in [3.8, 4) is 0 Å². The van der Waals surface area contributed by atoms with Gasteiger partial charge in [0, 0.05) is 31.6 Å². The topological polar surface area (TPSA) is 70.2 Å². The molecule has 0 aliphatic carbocycles. The van der Waals surface area contributed by atoms with Crippen molar-refractivity contribution in [3.63, 3.8) is 0 Å². The number of carbonyl (C=O) groups is 1. The summed E-state index contributed by atoms with van der Waals surface area (Å²) >= 11 is 12.2. The van der Waals surface area contributed by atoms with Crippen LogP contribution < -0.4 is 10.6 Å². The largest absolute Gasteiger partial charge is 0.314 e. The van der Waals surface area contributed by atoms with Crippen molar-refractivity contribution in [3.05, 3.63) is 63.9 Å². The fraction of sp³-hybridized carbons (Fsp3) is 0.250. The maximum atomic E-state index is 12.8. The zero-order chi connectivity index (χ0) is 19.5. The summed E-state index contributed by atoms with van der Waals surface area (Å²) in [7, 11) is 0. The number of para-hydroxylation sites is 1. The van der Waals surface area contributed by atoms with E-state index < -0.39 is 0 Å². The number of benzene rings is 2. The van der Waals surface area contributed by atoms with Gasteiger partial charge in [-0.05, 0) is 24.3 Å². The Labute approximate surface area is 172 Å². The van der Waals surface area contributed by atoms with Crippen LogP contribution in [0, 0.1) is 0 Å². The van der Waals surface area contributed by atoms with Gasteiger partial charge in [0.05, 0.1) is 27.7 Å². The van der Waals surface area contributed by atoms with Gasteiger partial charge in [0.2, 0.25) is 0 Å². The van der Waals surface area contributed by atoms with E-state index in [0.29, 0.717) is 28.8 Å². The van der Waals surface area contributed by atoms with Gasteiger partial charge in [0.15, 0.2) is 0 Å². The minimum Gasteiger partial charge on any atom is -0.314 e. The van der Waals surface area contributed by atoms with E-state index in [-0.39, 0.29) is 10.9 Å². The Morgan fingerprint density at radius 2 is 1.86 bits per heavy atom. The predicted molar refractivity (Wildman–Crippen MR) is 112 cm³/mol. The molecule has 0 unspecified atom stereocenters. The average Bonchev–Trinajstić information content (AvgIpc) is 2.71. The quantitative estimate of drug-likeness (QED) is 0.680. The molecule has 2 heterocycles. The molecule has 2 aromatic carbocycles. The number of hydrogen-bond donors (Lipinski definition) is 2. The molecule has 0 saturated carbocycles. The molecule has 1 aliphatic rings. The van der Waals surface area contributed by atoms with Crippen LogP contribution >= 0.6 is 23.2 Å². The third-order valence-electron chi connectivity index (χ3n) is 4.65. The van der Waals surface area contributed by atoms with Crippen LogP contribution in [0.3, 0.4) is 0 Å². The number of rotatable bonds is 4. The summed E-state index contributed by atoms with van der Waals surface area (Å²) in [5.41, 5.74) is 1.09. The van der Waals surface area contributed by atoms with E-state index in [1.165, 1.54) is 0 Å². The number of nitrogens with zero attached hydrogens (tertiary/aromatic N) is 3. The van der Waals surface area contributed by atoms with E-state index in [4.69, 9.17) is 23.2 Å². The molecule has 0 atom stereocenters. The fourth-order valence-corrected chi connectivity index (χ4v) is 3.60. The second kappa shape index (κ2) is 8.41. The first-order chi connectivity index (χ1) is 13.6. The van der Waals surface area contributed by atoms with Gasteiger partial charge in [-0.15, -0.1) is 0 Å². The van der Waals surface area contributed by atoms with Gasteiger partial charge in [0.25, 0.3) is 5.91 Å². The van der Waals surface area contributed by atoms with Crippen molar-refractivity contribution in [1.82, 2.24) is 20.2 Å². The van der Waals surface area contributed by atoms with Crippen LogP contribution in [0.15, 0.2) is 42.5 Å². The van der Waals surface area contributed by atoms with Gasteiger partial charge in [0.1, 0.15) is 11.6 Å². The zero-order valence-corrected chi connectivity index (χ0v) is 16.6. The van der Waals surface area contributed by atoms with Gasteiger partial charge < -0.3 is 10.6 Å². The number of anilines is 1. The number of piperazine rings is 1. The monoisotopic (exact) mass is 415 g/mol. The molecule has 8 heteroatoms. The number of amides is 1. The summed E-state index contributed by atoms with van der Waals surface area (Å²) < 4.78 is 0. The molecule has 1 saturated heterocycles. The van der Waals surface area contributed by atoms with E-state index in [9.17, 15) is 4.79 Å². The molecule has 0 bridgehead atoms. The Hall–Kier alpha value is -2.25. The standard InChI is InChI=1S/C20H19Cl2N5O/c21-15-6-3-5-14(18(15)22)20(28)26-19-13-4-1-2-7-16(13)24-17(25-19)12-27-10-8-23-9-11-27/h1-7,23H,8-12H2,(H,24,25,26,28). The van der Waals surface area contributed by atoms with Crippen LogP contribution in [0.4, 0.5) is 5.82 Å². The molecule has 0 spiro atoms. The van der Waals surface area contributed by atoms with Gasteiger partial charge in [-0.2, -0.15) is 0 Å². The third-order valence-corrected chi connectivity index (χ3v) is 5.47. The van der Waals surface area contributed by atoms with Crippen molar-refractivity contribution in [2.75, 3.05) is 31.5 Å². The van der Waals surface area contributed by atoms with Crippen molar-refractivity contribution in [1.29, 1.82) is 0 Å². The molecule has 28 heavy (non-hydrogen) atoms. The summed E-state index contributed by atoms with van der Waals surface area (Å²) in [6.07, 6.45) is 0. The predicted octanol–water partition coefficient (Wildman–Crippen LogP) is 3.59. The van der Waals surface area contributed by atoms with Gasteiger partial charge in [-0.1, -0.05) is 41.4 Å². The Morgan fingerprint density at radius 3 is 2.68 bits per heavy atom. The Morgan fingerprint density at radius 1 is 1.07 bits per heavy atom. The van der Waals surface area contributed by atoms with Crippen molar-refractivity contribution in [2.45, 2.75) is 6.54 Å². The average molecular weight is 416 g/mol. The molecule has 1 fully saturated rings. The zero-order valence-electron chi connectivity index (χ0n) is 15.1. The Balaban J connectivity index is 1.66. The van der Waals surface area contributed by atoms with Crippen molar-refractivity contribution < 1.29 is 4.79 Å². The number of aromatic nitrogens is 2. The number of nitrogens with one attached hydrogen (secondary N) is 2. The molecule has 0 radical (unpaired) electrons. The second-order valence-corrected chi connectivity index (χ2v) is 7.37. The lowest BCUT2D eigenvalue weighted by Gasteiger charge is -2.26. The van der Waals surface area contributed by atoms with Crippen LogP contribution in [-0.4, -0.2) is 47.0 Å². The molecule has 1 amide bonds. The third kappa shape index (κ3) is 4.10. The molecule has 1 aliphatic heterocycles. The lowest BCUT2D eigenvalue weighted by Crippen LogP contribution is -2.43. The van der Waals surface area contributed by atoms with E-state index in [1.54, 1.807) is 18.2 Å². The molecule has 144 valence electrons. The molecule has 2 N–H and O–H groups in total. The highest BCUT2D eigenvalue weighted by Gasteiger charge is 2.17. The van der Waals surface area contributed by atoms with Crippen molar-refractivity contribution >= 4 is 45.8 Å². The number of hydrogen-bond acceptors (Lipinski definition) is 5.